The molecule has 2 amide bonds. The van der Waals surface area contributed by atoms with Crippen LogP contribution in [0.15, 0.2) is 72.1 Å². The number of imide groups is 1. The fraction of sp³-hybridized carbons (Fsp3) is 0.0588. The van der Waals surface area contributed by atoms with Crippen LogP contribution in [0.4, 0.5) is 0 Å². The number of benzene rings is 2. The summed E-state index contributed by atoms with van der Waals surface area (Å²) in [5, 5.41) is 0. The third-order valence-electron chi connectivity index (χ3n) is 3.14. The maximum absolute atomic E-state index is 12.7. The zero-order chi connectivity index (χ0) is 17.0. The van der Waals surface area contributed by atoms with E-state index in [2.05, 4.69) is 6.58 Å². The Morgan fingerprint density at radius 3 is 2.09 bits per heavy atom. The fourth-order valence-electron chi connectivity index (χ4n) is 1.92. The minimum absolute atomic E-state index is 0.0957. The van der Waals surface area contributed by atoms with Crippen LogP contribution in [0.3, 0.4) is 0 Å². The zero-order valence-electron chi connectivity index (χ0n) is 12.5. The topological polar surface area (TPSA) is 71.5 Å². The van der Waals surface area contributed by atoms with Crippen LogP contribution in [0.1, 0.15) is 15.9 Å². The third kappa shape index (κ3) is 3.37. The average Bonchev–Trinajstić information content (AvgIpc) is 2.55. The van der Waals surface area contributed by atoms with Gasteiger partial charge in [-0.25, -0.2) is 8.42 Å². The summed E-state index contributed by atoms with van der Waals surface area (Å²) in [6.45, 7) is 5.07. The van der Waals surface area contributed by atoms with Crippen LogP contribution in [0, 0.1) is 6.92 Å². The standard InChI is InChI=1S/C17H15NO4S/c1-3-16(19)18(17(20)14-7-5-4-6-8-14)23(21,22)15-11-9-13(2)10-12-15/h3-12H,1H2,2H3. The largest absolute Gasteiger partial charge is 0.274 e. The van der Waals surface area contributed by atoms with E-state index in [1.807, 2.05) is 0 Å². The minimum Gasteiger partial charge on any atom is -0.268 e. The molecule has 5 nitrogen and oxygen atoms in total. The van der Waals surface area contributed by atoms with Gasteiger partial charge in [-0.05, 0) is 37.3 Å². The monoisotopic (exact) mass is 329 g/mol. The van der Waals surface area contributed by atoms with Gasteiger partial charge in [-0.3, -0.25) is 9.59 Å². The molecule has 0 N–H and O–H groups in total. The van der Waals surface area contributed by atoms with E-state index in [0.717, 1.165) is 11.6 Å². The summed E-state index contributed by atoms with van der Waals surface area (Å²) < 4.78 is 25.6. The second-order valence-electron chi connectivity index (χ2n) is 4.80. The molecule has 23 heavy (non-hydrogen) atoms. The van der Waals surface area contributed by atoms with E-state index in [-0.39, 0.29) is 14.8 Å². The van der Waals surface area contributed by atoms with E-state index in [1.54, 1.807) is 37.3 Å². The van der Waals surface area contributed by atoms with Crippen molar-refractivity contribution in [3.63, 3.8) is 0 Å². The maximum atomic E-state index is 12.7. The molecule has 0 heterocycles. The van der Waals surface area contributed by atoms with Crippen LogP contribution >= 0.6 is 0 Å². The molecule has 2 rings (SSSR count). The molecule has 0 saturated carbocycles. The predicted molar refractivity (Wildman–Crippen MR) is 86.2 cm³/mol. The molecule has 118 valence electrons. The Kier molecular flexibility index (Phi) is 4.76. The van der Waals surface area contributed by atoms with Crippen LogP contribution in [0.2, 0.25) is 0 Å². The molecule has 0 fully saturated rings. The van der Waals surface area contributed by atoms with Crippen LogP contribution < -0.4 is 0 Å². The zero-order valence-corrected chi connectivity index (χ0v) is 13.3. The third-order valence-corrected chi connectivity index (χ3v) is 4.83. The lowest BCUT2D eigenvalue weighted by Gasteiger charge is -2.19. The molecule has 0 saturated heterocycles. The van der Waals surface area contributed by atoms with Gasteiger partial charge in [0.05, 0.1) is 4.90 Å². The van der Waals surface area contributed by atoms with Crippen molar-refractivity contribution in [3.05, 3.63) is 78.4 Å². The molecule has 0 aromatic heterocycles. The lowest BCUT2D eigenvalue weighted by molar-refractivity contribution is -0.119. The quantitative estimate of drug-likeness (QED) is 0.808. The Balaban J connectivity index is 2.55. The first-order chi connectivity index (χ1) is 10.9. The Morgan fingerprint density at radius 2 is 1.57 bits per heavy atom. The van der Waals surface area contributed by atoms with E-state index >= 15 is 0 Å². The van der Waals surface area contributed by atoms with Gasteiger partial charge < -0.3 is 0 Å². The SMILES string of the molecule is C=CC(=O)N(C(=O)c1ccccc1)S(=O)(=O)c1ccc(C)cc1. The van der Waals surface area contributed by atoms with Gasteiger partial charge in [0.2, 0.25) is 0 Å². The average molecular weight is 329 g/mol. The van der Waals surface area contributed by atoms with E-state index in [4.69, 9.17) is 0 Å². The van der Waals surface area contributed by atoms with Crippen molar-refractivity contribution in [2.24, 2.45) is 0 Å². The summed E-state index contributed by atoms with van der Waals surface area (Å²) in [4.78, 5) is 24.4. The normalized spacial score (nSPS) is 10.8. The van der Waals surface area contributed by atoms with Gasteiger partial charge in [0, 0.05) is 5.56 Å². The summed E-state index contributed by atoms with van der Waals surface area (Å²) in [6.07, 6.45) is 0.798. The maximum Gasteiger partial charge on any atom is 0.274 e. The second-order valence-corrected chi connectivity index (χ2v) is 6.58. The second kappa shape index (κ2) is 6.58. The molecule has 0 radical (unpaired) electrons. The number of rotatable bonds is 4. The van der Waals surface area contributed by atoms with Gasteiger partial charge in [-0.2, -0.15) is 4.31 Å². The van der Waals surface area contributed by atoms with Crippen molar-refractivity contribution in [2.75, 3.05) is 0 Å². The van der Waals surface area contributed by atoms with Crippen LogP contribution in [-0.4, -0.2) is 24.5 Å². The lowest BCUT2D eigenvalue weighted by Crippen LogP contribution is -2.40. The number of sulfonamides is 1. The molecular weight excluding hydrogens is 314 g/mol. The Morgan fingerprint density at radius 1 is 1.00 bits per heavy atom. The fourth-order valence-corrected chi connectivity index (χ4v) is 3.25. The number of carbonyl (C=O) groups excluding carboxylic acids is 2. The van der Waals surface area contributed by atoms with Crippen molar-refractivity contribution >= 4 is 21.8 Å². The van der Waals surface area contributed by atoms with E-state index < -0.39 is 21.8 Å². The van der Waals surface area contributed by atoms with Crippen molar-refractivity contribution in [1.29, 1.82) is 0 Å². The number of carbonyl (C=O) groups is 2. The molecule has 0 aliphatic carbocycles. The molecule has 0 unspecified atom stereocenters. The molecule has 0 aliphatic rings. The van der Waals surface area contributed by atoms with E-state index in [0.29, 0.717) is 0 Å². The van der Waals surface area contributed by atoms with Crippen molar-refractivity contribution in [3.8, 4) is 0 Å². The number of aryl methyl sites for hydroxylation is 1. The summed E-state index contributed by atoms with van der Waals surface area (Å²) in [6, 6.07) is 13.6. The van der Waals surface area contributed by atoms with E-state index in [1.165, 1.54) is 24.3 Å². The van der Waals surface area contributed by atoms with Gasteiger partial charge in [-0.1, -0.05) is 42.5 Å². The highest BCUT2D eigenvalue weighted by Gasteiger charge is 2.34. The molecule has 0 spiro atoms. The van der Waals surface area contributed by atoms with Crippen LogP contribution in [0.5, 0.6) is 0 Å². The van der Waals surface area contributed by atoms with Gasteiger partial charge in [0.1, 0.15) is 0 Å². The number of amides is 2. The first-order valence-electron chi connectivity index (χ1n) is 6.75. The Labute approximate surface area is 134 Å². The molecule has 0 bridgehead atoms. The minimum atomic E-state index is -4.31. The van der Waals surface area contributed by atoms with Crippen molar-refractivity contribution < 1.29 is 18.0 Å². The van der Waals surface area contributed by atoms with Crippen molar-refractivity contribution in [1.82, 2.24) is 4.31 Å². The predicted octanol–water partition coefficient (Wildman–Crippen LogP) is 2.54. The van der Waals surface area contributed by atoms with Crippen molar-refractivity contribution in [2.45, 2.75) is 11.8 Å². The highest BCUT2D eigenvalue weighted by molar-refractivity contribution is 7.90. The smallest absolute Gasteiger partial charge is 0.268 e. The van der Waals surface area contributed by atoms with Gasteiger partial charge in [0.25, 0.3) is 21.8 Å². The van der Waals surface area contributed by atoms with Gasteiger partial charge >= 0.3 is 0 Å². The summed E-state index contributed by atoms with van der Waals surface area (Å²) >= 11 is 0. The highest BCUT2D eigenvalue weighted by Crippen LogP contribution is 2.19. The molecule has 6 heteroatoms. The van der Waals surface area contributed by atoms with Crippen LogP contribution in [-0.2, 0) is 14.8 Å². The molecule has 2 aromatic rings. The molecule has 2 aromatic carbocycles. The first-order valence-corrected chi connectivity index (χ1v) is 8.19. The number of hydrogen-bond acceptors (Lipinski definition) is 4. The summed E-state index contributed by atoms with van der Waals surface area (Å²) in [5.74, 6) is -1.92. The number of hydrogen-bond donors (Lipinski definition) is 0. The Hall–Kier alpha value is -2.73. The van der Waals surface area contributed by atoms with Gasteiger partial charge in [-0.15, -0.1) is 0 Å². The molecular formula is C17H15NO4S. The molecule has 0 aliphatic heterocycles. The number of nitrogens with zero attached hydrogens (tertiary/aromatic N) is 1. The van der Waals surface area contributed by atoms with Gasteiger partial charge in [0.15, 0.2) is 0 Å². The van der Waals surface area contributed by atoms with Crippen LogP contribution in [0.25, 0.3) is 0 Å². The Bertz CT molecular complexity index is 840. The van der Waals surface area contributed by atoms with E-state index in [9.17, 15) is 18.0 Å². The lowest BCUT2D eigenvalue weighted by atomic mass is 10.2. The summed E-state index contributed by atoms with van der Waals surface area (Å²) in [7, 11) is -4.31. The summed E-state index contributed by atoms with van der Waals surface area (Å²) in [5.41, 5.74) is 0.957. The highest BCUT2D eigenvalue weighted by atomic mass is 32.2. The first kappa shape index (κ1) is 16.6. The molecule has 0 atom stereocenters.